The van der Waals surface area contributed by atoms with Crippen LogP contribution >= 0.6 is 11.6 Å². The quantitative estimate of drug-likeness (QED) is 0.415. The van der Waals surface area contributed by atoms with Crippen LogP contribution in [0.2, 0.25) is 5.02 Å². The van der Waals surface area contributed by atoms with Crippen LogP contribution in [0.15, 0.2) is 39.3 Å². The van der Waals surface area contributed by atoms with E-state index in [2.05, 4.69) is 15.5 Å². The second-order valence-corrected chi connectivity index (χ2v) is 7.83. The molecule has 0 radical (unpaired) electrons. The maximum atomic E-state index is 12.9. The van der Waals surface area contributed by atoms with E-state index in [0.717, 1.165) is 11.1 Å². The van der Waals surface area contributed by atoms with E-state index >= 15 is 0 Å². The number of nitrogens with one attached hydrogen (secondary N) is 1. The summed E-state index contributed by atoms with van der Waals surface area (Å²) in [6.45, 7) is 6.71. The van der Waals surface area contributed by atoms with Gasteiger partial charge in [-0.2, -0.15) is 0 Å². The molecule has 9 heteroatoms. The van der Waals surface area contributed by atoms with Gasteiger partial charge in [-0.25, -0.2) is 9.78 Å². The number of anilines is 1. The lowest BCUT2D eigenvalue weighted by Gasteiger charge is -2.09. The number of amides is 1. The second-order valence-electron chi connectivity index (χ2n) is 7.42. The molecule has 0 aliphatic carbocycles. The topological polar surface area (TPSA) is 107 Å². The number of aromatic nitrogens is 2. The zero-order valence-corrected chi connectivity index (χ0v) is 18.7. The average molecular weight is 454 g/mol. The van der Waals surface area contributed by atoms with E-state index in [1.165, 1.54) is 0 Å². The largest absolute Gasteiger partial charge is 0.466 e. The number of carbonyl (C=O) groups is 2. The molecule has 0 fully saturated rings. The predicted octanol–water partition coefficient (Wildman–Crippen LogP) is 5.17. The Morgan fingerprint density at radius 1 is 1.12 bits per heavy atom. The van der Waals surface area contributed by atoms with E-state index in [0.29, 0.717) is 39.0 Å². The van der Waals surface area contributed by atoms with Crippen molar-refractivity contribution >= 4 is 40.3 Å². The minimum Gasteiger partial charge on any atom is -0.466 e. The number of pyridine rings is 1. The van der Waals surface area contributed by atoms with Gasteiger partial charge in [0.05, 0.1) is 22.3 Å². The number of ether oxygens (including phenoxy) is 1. The van der Waals surface area contributed by atoms with Crippen molar-refractivity contribution in [2.24, 2.45) is 0 Å². The minimum atomic E-state index is -0.695. The van der Waals surface area contributed by atoms with Gasteiger partial charge < -0.3 is 19.0 Å². The van der Waals surface area contributed by atoms with E-state index in [4.69, 9.17) is 25.3 Å². The van der Waals surface area contributed by atoms with Crippen LogP contribution in [0.1, 0.15) is 33.1 Å². The highest BCUT2D eigenvalue weighted by Crippen LogP contribution is 2.30. The third kappa shape index (κ3) is 4.22. The first-order valence-corrected chi connectivity index (χ1v) is 10.2. The van der Waals surface area contributed by atoms with Crippen molar-refractivity contribution in [2.45, 2.75) is 27.7 Å². The van der Waals surface area contributed by atoms with Gasteiger partial charge in [-0.3, -0.25) is 4.79 Å². The van der Waals surface area contributed by atoms with Crippen LogP contribution in [0, 0.1) is 27.7 Å². The molecule has 0 saturated heterocycles. The van der Waals surface area contributed by atoms with Crippen LogP contribution in [-0.4, -0.2) is 28.6 Å². The third-order valence-corrected chi connectivity index (χ3v) is 5.35. The molecule has 0 bridgehead atoms. The molecule has 3 heterocycles. The van der Waals surface area contributed by atoms with Gasteiger partial charge in [0.2, 0.25) is 0 Å². The normalized spacial score (nSPS) is 11.0. The first-order valence-electron chi connectivity index (χ1n) is 9.80. The number of rotatable bonds is 5. The number of benzene rings is 1. The van der Waals surface area contributed by atoms with E-state index < -0.39 is 18.5 Å². The number of fused-ring (bicyclic) bond motifs is 1. The lowest BCUT2D eigenvalue weighted by Crippen LogP contribution is -2.21. The SMILES string of the molecule is Cc1cc(-c2cc(C(=O)OCC(=O)Nc3ccc(C)c(Cl)c3)c3c(C)noc3n2)c(C)o1. The number of furan rings is 1. The molecule has 1 aromatic carbocycles. The summed E-state index contributed by atoms with van der Waals surface area (Å²) in [7, 11) is 0. The Morgan fingerprint density at radius 2 is 1.91 bits per heavy atom. The Kier molecular flexibility index (Phi) is 5.71. The molecule has 1 N–H and O–H groups in total. The fraction of sp³-hybridized carbons (Fsp3) is 0.217. The Hall–Kier alpha value is -3.65. The van der Waals surface area contributed by atoms with E-state index in [9.17, 15) is 9.59 Å². The molecule has 3 aromatic heterocycles. The van der Waals surface area contributed by atoms with Gasteiger partial charge in [0.25, 0.3) is 11.6 Å². The Labute approximate surface area is 188 Å². The second kappa shape index (κ2) is 8.47. The molecule has 0 aliphatic heterocycles. The summed E-state index contributed by atoms with van der Waals surface area (Å²) >= 11 is 6.08. The zero-order valence-electron chi connectivity index (χ0n) is 17.9. The summed E-state index contributed by atoms with van der Waals surface area (Å²) in [5.74, 6) is 0.179. The summed E-state index contributed by atoms with van der Waals surface area (Å²) in [4.78, 5) is 29.6. The maximum absolute atomic E-state index is 12.9. The molecular formula is C23H20ClN3O5. The van der Waals surface area contributed by atoms with Crippen molar-refractivity contribution in [1.29, 1.82) is 0 Å². The van der Waals surface area contributed by atoms with Crippen molar-refractivity contribution in [3.63, 3.8) is 0 Å². The molecule has 32 heavy (non-hydrogen) atoms. The average Bonchev–Trinajstić information content (AvgIpc) is 3.29. The van der Waals surface area contributed by atoms with Gasteiger partial charge in [-0.05, 0) is 57.5 Å². The molecule has 0 unspecified atom stereocenters. The van der Waals surface area contributed by atoms with Crippen molar-refractivity contribution < 1.29 is 23.3 Å². The fourth-order valence-electron chi connectivity index (χ4n) is 3.36. The van der Waals surface area contributed by atoms with Crippen molar-refractivity contribution in [2.75, 3.05) is 11.9 Å². The number of carbonyl (C=O) groups excluding carboxylic acids is 2. The molecule has 4 aromatic rings. The van der Waals surface area contributed by atoms with Crippen LogP contribution < -0.4 is 5.32 Å². The van der Waals surface area contributed by atoms with E-state index in [-0.39, 0.29) is 11.3 Å². The molecular weight excluding hydrogens is 434 g/mol. The molecule has 8 nitrogen and oxygen atoms in total. The van der Waals surface area contributed by atoms with Crippen LogP contribution in [-0.2, 0) is 9.53 Å². The summed E-state index contributed by atoms with van der Waals surface area (Å²) in [5, 5.41) is 7.52. The third-order valence-electron chi connectivity index (χ3n) is 4.94. The Bertz CT molecular complexity index is 1360. The van der Waals surface area contributed by atoms with E-state index in [1.54, 1.807) is 38.1 Å². The molecule has 1 amide bonds. The number of nitrogens with zero attached hydrogens (tertiary/aromatic N) is 2. The van der Waals surface area contributed by atoms with Gasteiger partial charge in [-0.1, -0.05) is 22.8 Å². The summed E-state index contributed by atoms with van der Waals surface area (Å²) in [6.07, 6.45) is 0. The number of halogens is 1. The molecule has 0 atom stereocenters. The lowest BCUT2D eigenvalue weighted by molar-refractivity contribution is -0.119. The maximum Gasteiger partial charge on any atom is 0.339 e. The van der Waals surface area contributed by atoms with Crippen LogP contribution in [0.4, 0.5) is 5.69 Å². The van der Waals surface area contributed by atoms with Gasteiger partial charge in [0, 0.05) is 16.3 Å². The van der Waals surface area contributed by atoms with Gasteiger partial charge in [-0.15, -0.1) is 0 Å². The smallest absolute Gasteiger partial charge is 0.339 e. The van der Waals surface area contributed by atoms with E-state index in [1.807, 2.05) is 19.9 Å². The number of hydrogen-bond acceptors (Lipinski definition) is 7. The first-order chi connectivity index (χ1) is 15.2. The molecule has 0 spiro atoms. The molecule has 0 saturated carbocycles. The van der Waals surface area contributed by atoms with Crippen LogP contribution in [0.25, 0.3) is 22.4 Å². The number of hydrogen-bond donors (Lipinski definition) is 1. The summed E-state index contributed by atoms with van der Waals surface area (Å²) < 4.78 is 16.1. The van der Waals surface area contributed by atoms with Crippen LogP contribution in [0.3, 0.4) is 0 Å². The zero-order chi connectivity index (χ0) is 23.0. The van der Waals surface area contributed by atoms with Crippen molar-refractivity contribution in [3.05, 3.63) is 63.7 Å². The summed E-state index contributed by atoms with van der Waals surface area (Å²) in [6, 6.07) is 8.54. The minimum absolute atomic E-state index is 0.198. The highest BCUT2D eigenvalue weighted by atomic mass is 35.5. The molecule has 0 aliphatic rings. The van der Waals surface area contributed by atoms with Crippen molar-refractivity contribution in [3.8, 4) is 11.3 Å². The monoisotopic (exact) mass is 453 g/mol. The predicted molar refractivity (Wildman–Crippen MR) is 119 cm³/mol. The highest BCUT2D eigenvalue weighted by Gasteiger charge is 2.22. The summed E-state index contributed by atoms with van der Waals surface area (Å²) in [5.41, 5.74) is 3.49. The molecule has 4 rings (SSSR count). The fourth-order valence-corrected chi connectivity index (χ4v) is 3.54. The standard InChI is InChI=1S/C23H20ClN3O5/c1-11-5-6-15(8-18(11)24)25-20(28)10-30-23(29)17-9-19(16-7-12(2)31-14(16)4)26-22-21(17)13(3)27-32-22/h5-9H,10H2,1-4H3,(H,25,28). The first kappa shape index (κ1) is 21.6. The number of aryl methyl sites for hydroxylation is 4. The van der Waals surface area contributed by atoms with Gasteiger partial charge >= 0.3 is 5.97 Å². The van der Waals surface area contributed by atoms with Gasteiger partial charge in [0.15, 0.2) is 6.61 Å². The number of esters is 1. The van der Waals surface area contributed by atoms with Crippen LogP contribution in [0.5, 0.6) is 0 Å². The lowest BCUT2D eigenvalue weighted by atomic mass is 10.1. The Morgan fingerprint density at radius 3 is 2.59 bits per heavy atom. The highest BCUT2D eigenvalue weighted by molar-refractivity contribution is 6.31. The molecule has 164 valence electrons. The Balaban J connectivity index is 1.57. The van der Waals surface area contributed by atoms with Gasteiger partial charge in [0.1, 0.15) is 11.5 Å². The van der Waals surface area contributed by atoms with Crippen molar-refractivity contribution in [1.82, 2.24) is 10.1 Å².